The molecule has 0 aliphatic heterocycles. The lowest BCUT2D eigenvalue weighted by molar-refractivity contribution is 0.103. The molecule has 3 nitrogen and oxygen atoms in total. The molecular weight excluding hydrogens is 212 g/mol. The summed E-state index contributed by atoms with van der Waals surface area (Å²) in [6.45, 7) is 0.841. The third kappa shape index (κ3) is 1.43. The van der Waals surface area contributed by atoms with Crippen LogP contribution in [0.2, 0.25) is 0 Å². The highest BCUT2D eigenvalue weighted by atomic mass is 16.1. The SMILES string of the molecule is CN(C)Cc1c[nH]c2c1-c1ccccc1C2=O. The summed E-state index contributed by atoms with van der Waals surface area (Å²) in [6, 6.07) is 7.80. The fourth-order valence-corrected chi connectivity index (χ4v) is 2.45. The van der Waals surface area contributed by atoms with Crippen LogP contribution in [0.25, 0.3) is 11.1 Å². The topological polar surface area (TPSA) is 36.1 Å². The van der Waals surface area contributed by atoms with Crippen LogP contribution in [0.15, 0.2) is 30.5 Å². The summed E-state index contributed by atoms with van der Waals surface area (Å²) in [6.07, 6.45) is 1.94. The maximum Gasteiger partial charge on any atom is 0.210 e. The van der Waals surface area contributed by atoms with E-state index in [0.717, 1.165) is 28.9 Å². The lowest BCUT2D eigenvalue weighted by Gasteiger charge is -2.09. The van der Waals surface area contributed by atoms with Crippen LogP contribution in [-0.2, 0) is 6.54 Å². The number of nitrogens with zero attached hydrogens (tertiary/aromatic N) is 1. The van der Waals surface area contributed by atoms with E-state index < -0.39 is 0 Å². The largest absolute Gasteiger partial charge is 0.358 e. The fraction of sp³-hybridized carbons (Fsp3) is 0.214. The van der Waals surface area contributed by atoms with Crippen LogP contribution in [0.5, 0.6) is 0 Å². The molecule has 1 aromatic heterocycles. The molecule has 0 unspecified atom stereocenters. The molecule has 1 aliphatic carbocycles. The van der Waals surface area contributed by atoms with Gasteiger partial charge in [0.15, 0.2) is 0 Å². The summed E-state index contributed by atoms with van der Waals surface area (Å²) in [7, 11) is 4.06. The summed E-state index contributed by atoms with van der Waals surface area (Å²) >= 11 is 0. The second-order valence-corrected chi connectivity index (χ2v) is 4.68. The van der Waals surface area contributed by atoms with Crippen LogP contribution in [-0.4, -0.2) is 29.8 Å². The number of ketones is 1. The molecule has 0 fully saturated rings. The highest BCUT2D eigenvalue weighted by molar-refractivity contribution is 6.21. The van der Waals surface area contributed by atoms with Crippen molar-refractivity contribution in [3.63, 3.8) is 0 Å². The molecular formula is C14H14N2O. The van der Waals surface area contributed by atoms with E-state index in [1.54, 1.807) is 0 Å². The monoisotopic (exact) mass is 226 g/mol. The Morgan fingerprint density at radius 3 is 2.59 bits per heavy atom. The van der Waals surface area contributed by atoms with Gasteiger partial charge >= 0.3 is 0 Å². The maximum absolute atomic E-state index is 12.1. The van der Waals surface area contributed by atoms with Crippen LogP contribution >= 0.6 is 0 Å². The number of nitrogens with one attached hydrogen (secondary N) is 1. The van der Waals surface area contributed by atoms with Gasteiger partial charge in [-0.3, -0.25) is 4.79 Å². The van der Waals surface area contributed by atoms with E-state index in [2.05, 4.69) is 9.88 Å². The highest BCUT2D eigenvalue weighted by Gasteiger charge is 2.29. The standard InChI is InChI=1S/C14H14N2O/c1-16(2)8-9-7-15-13-12(9)10-5-3-4-6-11(10)14(13)17/h3-7,15H,8H2,1-2H3. The Hall–Kier alpha value is -1.87. The molecule has 3 rings (SSSR count). The number of aromatic amines is 1. The number of H-pyrrole nitrogens is 1. The number of hydrogen-bond donors (Lipinski definition) is 1. The van der Waals surface area contributed by atoms with Crippen molar-refractivity contribution < 1.29 is 4.79 Å². The third-order valence-electron chi connectivity index (χ3n) is 3.12. The van der Waals surface area contributed by atoms with E-state index in [4.69, 9.17) is 0 Å². The normalized spacial score (nSPS) is 13.0. The van der Waals surface area contributed by atoms with Crippen LogP contribution in [0.4, 0.5) is 0 Å². The summed E-state index contributed by atoms with van der Waals surface area (Å²) < 4.78 is 0. The lowest BCUT2D eigenvalue weighted by Crippen LogP contribution is -2.10. The van der Waals surface area contributed by atoms with Crippen molar-refractivity contribution in [1.82, 2.24) is 9.88 Å². The second-order valence-electron chi connectivity index (χ2n) is 4.68. The van der Waals surface area contributed by atoms with Crippen LogP contribution < -0.4 is 0 Å². The highest BCUT2D eigenvalue weighted by Crippen LogP contribution is 2.38. The first kappa shape index (κ1) is 10.3. The van der Waals surface area contributed by atoms with E-state index in [9.17, 15) is 4.79 Å². The molecule has 1 aliphatic rings. The number of fused-ring (bicyclic) bond motifs is 3. The van der Waals surface area contributed by atoms with E-state index >= 15 is 0 Å². The van der Waals surface area contributed by atoms with E-state index in [0.29, 0.717) is 0 Å². The van der Waals surface area contributed by atoms with Gasteiger partial charge in [0.1, 0.15) is 0 Å². The quantitative estimate of drug-likeness (QED) is 0.727. The molecule has 3 heteroatoms. The summed E-state index contributed by atoms with van der Waals surface area (Å²) in [4.78, 5) is 17.4. The van der Waals surface area contributed by atoms with Crippen molar-refractivity contribution in [1.29, 1.82) is 0 Å². The van der Waals surface area contributed by atoms with Gasteiger partial charge in [-0.05, 0) is 25.2 Å². The average molecular weight is 226 g/mol. The fourth-order valence-electron chi connectivity index (χ4n) is 2.45. The van der Waals surface area contributed by atoms with Crippen LogP contribution in [0.1, 0.15) is 21.6 Å². The van der Waals surface area contributed by atoms with Gasteiger partial charge < -0.3 is 9.88 Å². The van der Waals surface area contributed by atoms with Gasteiger partial charge in [0.25, 0.3) is 0 Å². The number of rotatable bonds is 2. The van der Waals surface area contributed by atoms with Crippen LogP contribution in [0.3, 0.4) is 0 Å². The molecule has 2 aromatic rings. The second kappa shape index (κ2) is 3.57. The lowest BCUT2D eigenvalue weighted by atomic mass is 10.0. The molecule has 0 bridgehead atoms. The summed E-state index contributed by atoms with van der Waals surface area (Å²) in [5.41, 5.74) is 4.88. The van der Waals surface area contributed by atoms with E-state index in [-0.39, 0.29) is 5.78 Å². The molecule has 1 N–H and O–H groups in total. The zero-order valence-electron chi connectivity index (χ0n) is 9.95. The molecule has 0 saturated heterocycles. The zero-order valence-corrected chi connectivity index (χ0v) is 9.95. The molecule has 17 heavy (non-hydrogen) atoms. The van der Waals surface area contributed by atoms with Crippen molar-refractivity contribution >= 4 is 5.78 Å². The van der Waals surface area contributed by atoms with Gasteiger partial charge in [0.05, 0.1) is 5.69 Å². The Bertz CT molecular complexity index is 596. The van der Waals surface area contributed by atoms with Gasteiger partial charge in [0.2, 0.25) is 5.78 Å². The first-order valence-corrected chi connectivity index (χ1v) is 5.67. The third-order valence-corrected chi connectivity index (χ3v) is 3.12. The maximum atomic E-state index is 12.1. The Balaban J connectivity index is 2.19. The molecule has 0 atom stereocenters. The minimum atomic E-state index is 0.112. The smallest absolute Gasteiger partial charge is 0.210 e. The van der Waals surface area contributed by atoms with Crippen molar-refractivity contribution in [3.05, 3.63) is 47.3 Å². The predicted octanol–water partition coefficient (Wildman–Crippen LogP) is 2.29. The molecule has 0 amide bonds. The number of carbonyl (C=O) groups is 1. The van der Waals surface area contributed by atoms with Crippen LogP contribution in [0, 0.1) is 0 Å². The number of carbonyl (C=O) groups excluding carboxylic acids is 1. The van der Waals surface area contributed by atoms with E-state index in [1.165, 1.54) is 5.56 Å². The van der Waals surface area contributed by atoms with Gasteiger partial charge in [-0.15, -0.1) is 0 Å². The number of aromatic nitrogens is 1. The molecule has 0 radical (unpaired) electrons. The van der Waals surface area contributed by atoms with Crippen molar-refractivity contribution in [2.45, 2.75) is 6.54 Å². The summed E-state index contributed by atoms with van der Waals surface area (Å²) in [5, 5.41) is 0. The van der Waals surface area contributed by atoms with Crippen molar-refractivity contribution in [2.75, 3.05) is 14.1 Å². The molecule has 86 valence electrons. The molecule has 0 spiro atoms. The van der Waals surface area contributed by atoms with Crippen molar-refractivity contribution in [2.24, 2.45) is 0 Å². The number of benzene rings is 1. The van der Waals surface area contributed by atoms with Crippen molar-refractivity contribution in [3.8, 4) is 11.1 Å². The van der Waals surface area contributed by atoms with Gasteiger partial charge in [-0.1, -0.05) is 24.3 Å². The van der Waals surface area contributed by atoms with Gasteiger partial charge in [0, 0.05) is 23.9 Å². The Morgan fingerprint density at radius 1 is 1.18 bits per heavy atom. The Morgan fingerprint density at radius 2 is 1.88 bits per heavy atom. The minimum Gasteiger partial charge on any atom is -0.358 e. The van der Waals surface area contributed by atoms with Gasteiger partial charge in [-0.25, -0.2) is 0 Å². The average Bonchev–Trinajstić information content (AvgIpc) is 2.81. The number of hydrogen-bond acceptors (Lipinski definition) is 2. The minimum absolute atomic E-state index is 0.112. The molecule has 1 aromatic carbocycles. The van der Waals surface area contributed by atoms with Gasteiger partial charge in [-0.2, -0.15) is 0 Å². The summed E-state index contributed by atoms with van der Waals surface area (Å²) in [5.74, 6) is 0.112. The molecule has 0 saturated carbocycles. The Kier molecular flexibility index (Phi) is 2.16. The zero-order chi connectivity index (χ0) is 12.0. The first-order valence-electron chi connectivity index (χ1n) is 5.67. The Labute approximate surface area is 100 Å². The molecule has 1 heterocycles. The first-order chi connectivity index (χ1) is 8.18. The van der Waals surface area contributed by atoms with E-state index in [1.807, 2.05) is 44.6 Å². The predicted molar refractivity (Wildman–Crippen MR) is 67.1 cm³/mol.